The predicted octanol–water partition coefficient (Wildman–Crippen LogP) is 1.16. The van der Waals surface area contributed by atoms with E-state index in [4.69, 9.17) is 4.74 Å². The van der Waals surface area contributed by atoms with Crippen molar-refractivity contribution in [3.05, 3.63) is 23.5 Å². The summed E-state index contributed by atoms with van der Waals surface area (Å²) in [5.41, 5.74) is 1.77. The molecule has 5 nitrogen and oxygen atoms in total. The van der Waals surface area contributed by atoms with E-state index in [1.54, 1.807) is 6.92 Å². The molecule has 0 spiro atoms. The lowest BCUT2D eigenvalue weighted by Crippen LogP contribution is -2.37. The molecular formula is C14H21N3O2. The number of rotatable bonds is 6. The molecule has 0 aliphatic heterocycles. The van der Waals surface area contributed by atoms with Gasteiger partial charge >= 0.3 is 0 Å². The van der Waals surface area contributed by atoms with Crippen LogP contribution in [0.4, 0.5) is 0 Å². The maximum absolute atomic E-state index is 11.9. The van der Waals surface area contributed by atoms with Gasteiger partial charge in [-0.15, -0.1) is 0 Å². The molecule has 0 aromatic carbocycles. The number of hydrogen-bond acceptors (Lipinski definition) is 4. The van der Waals surface area contributed by atoms with Crippen molar-refractivity contribution in [2.75, 3.05) is 7.05 Å². The van der Waals surface area contributed by atoms with Crippen LogP contribution in [0.15, 0.2) is 12.1 Å². The number of hydrogen-bond donors (Lipinski definition) is 2. The molecule has 2 rings (SSSR count). The summed E-state index contributed by atoms with van der Waals surface area (Å²) in [6, 6.07) is 4.11. The van der Waals surface area contributed by atoms with Gasteiger partial charge in [0.25, 0.3) is 5.91 Å². The number of nitrogens with zero attached hydrogens (tertiary/aromatic N) is 1. The van der Waals surface area contributed by atoms with Crippen molar-refractivity contribution in [3.8, 4) is 5.75 Å². The van der Waals surface area contributed by atoms with Gasteiger partial charge in [0.15, 0.2) is 6.10 Å². The minimum Gasteiger partial charge on any atom is -0.479 e. The number of ether oxygens (including phenoxy) is 1. The van der Waals surface area contributed by atoms with Gasteiger partial charge in [-0.2, -0.15) is 0 Å². The summed E-state index contributed by atoms with van der Waals surface area (Å²) in [5, 5.41) is 5.99. The van der Waals surface area contributed by atoms with E-state index in [1.807, 2.05) is 26.1 Å². The van der Waals surface area contributed by atoms with Crippen LogP contribution in [0, 0.1) is 6.92 Å². The van der Waals surface area contributed by atoms with E-state index in [0.717, 1.165) is 24.2 Å². The zero-order valence-electron chi connectivity index (χ0n) is 11.7. The first-order valence-corrected chi connectivity index (χ1v) is 6.68. The topological polar surface area (TPSA) is 63.3 Å². The maximum atomic E-state index is 11.9. The molecule has 1 aliphatic rings. The fourth-order valence-corrected chi connectivity index (χ4v) is 1.79. The van der Waals surface area contributed by atoms with Gasteiger partial charge in [-0.3, -0.25) is 9.78 Å². The fourth-order valence-electron chi connectivity index (χ4n) is 1.79. The average molecular weight is 263 g/mol. The van der Waals surface area contributed by atoms with Crippen LogP contribution in [0.2, 0.25) is 0 Å². The summed E-state index contributed by atoms with van der Waals surface area (Å²) >= 11 is 0. The molecule has 19 heavy (non-hydrogen) atoms. The second kappa shape index (κ2) is 6.02. The third kappa shape index (κ3) is 3.92. The summed E-state index contributed by atoms with van der Waals surface area (Å²) < 4.78 is 5.73. The van der Waals surface area contributed by atoms with E-state index in [2.05, 4.69) is 15.6 Å². The van der Waals surface area contributed by atoms with Crippen LogP contribution in [0.25, 0.3) is 0 Å². The highest BCUT2D eigenvalue weighted by molar-refractivity contribution is 5.81. The van der Waals surface area contributed by atoms with E-state index < -0.39 is 6.10 Å². The van der Waals surface area contributed by atoms with Crippen molar-refractivity contribution in [1.82, 2.24) is 15.6 Å². The van der Waals surface area contributed by atoms with E-state index in [9.17, 15) is 4.79 Å². The number of aryl methyl sites for hydroxylation is 1. The van der Waals surface area contributed by atoms with Crippen molar-refractivity contribution >= 4 is 5.91 Å². The normalized spacial score (nSPS) is 15.9. The molecule has 1 aromatic rings. The summed E-state index contributed by atoms with van der Waals surface area (Å²) in [7, 11) is 1.86. The molecule has 0 saturated heterocycles. The highest BCUT2D eigenvalue weighted by atomic mass is 16.5. The molecule has 5 heteroatoms. The van der Waals surface area contributed by atoms with Gasteiger partial charge in [0, 0.05) is 18.3 Å². The molecule has 1 saturated carbocycles. The lowest BCUT2D eigenvalue weighted by Gasteiger charge is -2.17. The van der Waals surface area contributed by atoms with E-state index in [0.29, 0.717) is 18.3 Å². The Morgan fingerprint density at radius 2 is 2.26 bits per heavy atom. The first-order chi connectivity index (χ1) is 9.10. The Balaban J connectivity index is 2.01. The van der Waals surface area contributed by atoms with Crippen molar-refractivity contribution in [2.45, 2.75) is 45.4 Å². The monoisotopic (exact) mass is 263 g/mol. The van der Waals surface area contributed by atoms with E-state index in [-0.39, 0.29) is 5.91 Å². The maximum Gasteiger partial charge on any atom is 0.260 e. The Morgan fingerprint density at radius 3 is 2.89 bits per heavy atom. The molecule has 1 amide bonds. The molecule has 2 N–H and O–H groups in total. The molecular weight excluding hydrogens is 242 g/mol. The van der Waals surface area contributed by atoms with Gasteiger partial charge in [0.05, 0.1) is 5.69 Å². The van der Waals surface area contributed by atoms with Gasteiger partial charge in [-0.05, 0) is 45.9 Å². The van der Waals surface area contributed by atoms with Crippen LogP contribution in [0.3, 0.4) is 0 Å². The Hall–Kier alpha value is -1.62. The van der Waals surface area contributed by atoms with Gasteiger partial charge in [-0.1, -0.05) is 0 Å². The molecule has 1 aromatic heterocycles. The average Bonchev–Trinajstić information content (AvgIpc) is 3.16. The molecule has 1 heterocycles. The number of aromatic nitrogens is 1. The zero-order chi connectivity index (χ0) is 13.8. The largest absolute Gasteiger partial charge is 0.479 e. The Morgan fingerprint density at radius 1 is 1.53 bits per heavy atom. The molecule has 1 aliphatic carbocycles. The number of pyridine rings is 1. The van der Waals surface area contributed by atoms with Crippen molar-refractivity contribution in [2.24, 2.45) is 0 Å². The summed E-state index contributed by atoms with van der Waals surface area (Å²) in [4.78, 5) is 16.3. The third-order valence-corrected chi connectivity index (χ3v) is 3.01. The van der Waals surface area contributed by atoms with Crippen LogP contribution < -0.4 is 15.4 Å². The molecule has 1 fully saturated rings. The van der Waals surface area contributed by atoms with Crippen molar-refractivity contribution < 1.29 is 9.53 Å². The van der Waals surface area contributed by atoms with E-state index >= 15 is 0 Å². The summed E-state index contributed by atoms with van der Waals surface area (Å²) in [6.07, 6.45) is 1.66. The zero-order valence-corrected chi connectivity index (χ0v) is 11.7. The second-order valence-corrected chi connectivity index (χ2v) is 4.97. The van der Waals surface area contributed by atoms with Crippen LogP contribution >= 0.6 is 0 Å². The van der Waals surface area contributed by atoms with E-state index in [1.165, 1.54) is 0 Å². The lowest BCUT2D eigenvalue weighted by atomic mass is 10.2. The molecule has 1 atom stereocenters. The lowest BCUT2D eigenvalue weighted by molar-refractivity contribution is -0.127. The summed E-state index contributed by atoms with van der Waals surface area (Å²) in [5.74, 6) is 0.608. The molecule has 104 valence electrons. The highest BCUT2D eigenvalue weighted by Crippen LogP contribution is 2.21. The Labute approximate surface area is 113 Å². The molecule has 0 bridgehead atoms. The standard InChI is InChI=1S/C14H21N3O2/c1-9-4-7-13(12(16-9)8-15-3)19-10(2)14(18)17-11-5-6-11/h4,7,10-11,15H,5-6,8H2,1-3H3,(H,17,18). The van der Waals surface area contributed by atoms with Gasteiger partial charge < -0.3 is 15.4 Å². The van der Waals surface area contributed by atoms with Crippen LogP contribution in [-0.2, 0) is 11.3 Å². The van der Waals surface area contributed by atoms with Gasteiger partial charge in [0.1, 0.15) is 5.75 Å². The van der Waals surface area contributed by atoms with Crippen molar-refractivity contribution in [3.63, 3.8) is 0 Å². The Bertz CT molecular complexity index is 458. The van der Waals surface area contributed by atoms with Gasteiger partial charge in [0.2, 0.25) is 0 Å². The number of amides is 1. The van der Waals surface area contributed by atoms with Crippen LogP contribution in [0.5, 0.6) is 5.75 Å². The van der Waals surface area contributed by atoms with Crippen molar-refractivity contribution in [1.29, 1.82) is 0 Å². The highest BCUT2D eigenvalue weighted by Gasteiger charge is 2.26. The second-order valence-electron chi connectivity index (χ2n) is 4.97. The first kappa shape index (κ1) is 13.8. The number of nitrogens with one attached hydrogen (secondary N) is 2. The smallest absolute Gasteiger partial charge is 0.260 e. The fraction of sp³-hybridized carbons (Fsp3) is 0.571. The molecule has 1 unspecified atom stereocenters. The summed E-state index contributed by atoms with van der Waals surface area (Å²) in [6.45, 7) is 4.32. The van der Waals surface area contributed by atoms with Gasteiger partial charge in [-0.25, -0.2) is 0 Å². The molecule has 0 radical (unpaired) electrons. The SMILES string of the molecule is CNCc1nc(C)ccc1OC(C)C(=O)NC1CC1. The third-order valence-electron chi connectivity index (χ3n) is 3.01. The Kier molecular flexibility index (Phi) is 4.37. The quantitative estimate of drug-likeness (QED) is 0.808. The minimum atomic E-state index is -0.499. The first-order valence-electron chi connectivity index (χ1n) is 6.68. The minimum absolute atomic E-state index is 0.0570. The van der Waals surface area contributed by atoms with Crippen LogP contribution in [0.1, 0.15) is 31.2 Å². The van der Waals surface area contributed by atoms with Crippen LogP contribution in [-0.4, -0.2) is 30.1 Å². The number of carbonyl (C=O) groups is 1. The predicted molar refractivity (Wildman–Crippen MR) is 73.0 cm³/mol. The number of carbonyl (C=O) groups excluding carboxylic acids is 1.